The summed E-state index contributed by atoms with van der Waals surface area (Å²) in [5, 5.41) is 6.31. The lowest BCUT2D eigenvalue weighted by Crippen LogP contribution is -2.49. The van der Waals surface area contributed by atoms with Crippen molar-refractivity contribution in [3.63, 3.8) is 0 Å². The van der Waals surface area contributed by atoms with Crippen molar-refractivity contribution in [1.29, 1.82) is 0 Å². The SMILES string of the molecule is CCN1CCN(CC(=O)N2N=C(c3ccc(F)cc3)CC2c2ccc(OC)cc2)CC1. The minimum Gasteiger partial charge on any atom is -0.497 e. The van der Waals surface area contributed by atoms with E-state index in [2.05, 4.69) is 16.7 Å². The topological polar surface area (TPSA) is 48.4 Å². The van der Waals surface area contributed by atoms with Crippen molar-refractivity contribution >= 4 is 11.6 Å². The van der Waals surface area contributed by atoms with Gasteiger partial charge in [0, 0.05) is 32.6 Å². The lowest BCUT2D eigenvalue weighted by atomic mass is 9.98. The van der Waals surface area contributed by atoms with Gasteiger partial charge in [0.05, 0.1) is 25.4 Å². The van der Waals surface area contributed by atoms with E-state index in [0.717, 1.165) is 55.3 Å². The Kier molecular flexibility index (Phi) is 6.63. The molecule has 0 saturated carbocycles. The fourth-order valence-corrected chi connectivity index (χ4v) is 4.17. The van der Waals surface area contributed by atoms with Crippen LogP contribution in [0.15, 0.2) is 53.6 Å². The van der Waals surface area contributed by atoms with E-state index in [4.69, 9.17) is 9.84 Å². The standard InChI is InChI=1S/C24H29FN4O2/c1-3-27-12-14-28(15-13-27)17-24(30)29-23(19-6-10-21(31-2)11-7-19)16-22(26-29)18-4-8-20(25)9-5-18/h4-11,23H,3,12-17H2,1-2H3. The molecule has 0 bridgehead atoms. The smallest absolute Gasteiger partial charge is 0.257 e. The molecule has 0 N–H and O–H groups in total. The number of rotatable bonds is 6. The van der Waals surface area contributed by atoms with E-state index in [1.54, 1.807) is 24.3 Å². The Hall–Kier alpha value is -2.77. The summed E-state index contributed by atoms with van der Waals surface area (Å²) >= 11 is 0. The lowest BCUT2D eigenvalue weighted by Gasteiger charge is -2.34. The number of nitrogens with zero attached hydrogens (tertiary/aromatic N) is 4. The second kappa shape index (κ2) is 9.58. The van der Waals surface area contributed by atoms with Gasteiger partial charge in [-0.3, -0.25) is 9.69 Å². The third-order valence-corrected chi connectivity index (χ3v) is 6.11. The first-order valence-electron chi connectivity index (χ1n) is 10.8. The van der Waals surface area contributed by atoms with Crippen LogP contribution in [-0.2, 0) is 4.79 Å². The van der Waals surface area contributed by atoms with Crippen molar-refractivity contribution in [3.05, 3.63) is 65.5 Å². The molecular formula is C24H29FN4O2. The summed E-state index contributed by atoms with van der Waals surface area (Å²) in [6.45, 7) is 7.29. The van der Waals surface area contributed by atoms with Crippen LogP contribution in [0.5, 0.6) is 5.75 Å². The Bertz CT molecular complexity index is 922. The molecule has 0 spiro atoms. The van der Waals surface area contributed by atoms with Crippen LogP contribution in [0, 0.1) is 5.82 Å². The molecule has 2 heterocycles. The largest absolute Gasteiger partial charge is 0.497 e. The van der Waals surface area contributed by atoms with Gasteiger partial charge in [0.25, 0.3) is 5.91 Å². The highest BCUT2D eigenvalue weighted by Gasteiger charge is 2.34. The number of amides is 1. The van der Waals surface area contributed by atoms with Crippen LogP contribution in [0.1, 0.15) is 30.5 Å². The molecular weight excluding hydrogens is 395 g/mol. The summed E-state index contributed by atoms with van der Waals surface area (Å²) in [5.74, 6) is 0.476. The van der Waals surface area contributed by atoms with E-state index in [-0.39, 0.29) is 17.8 Å². The Balaban J connectivity index is 1.54. The van der Waals surface area contributed by atoms with Crippen LogP contribution < -0.4 is 4.74 Å². The summed E-state index contributed by atoms with van der Waals surface area (Å²) in [6.07, 6.45) is 0.591. The fourth-order valence-electron chi connectivity index (χ4n) is 4.17. The molecule has 164 valence electrons. The van der Waals surface area contributed by atoms with Gasteiger partial charge in [-0.25, -0.2) is 9.40 Å². The van der Waals surface area contributed by atoms with Crippen molar-refractivity contribution in [2.45, 2.75) is 19.4 Å². The number of hydrogen-bond acceptors (Lipinski definition) is 5. The van der Waals surface area contributed by atoms with Gasteiger partial charge in [0.2, 0.25) is 0 Å². The number of piperazine rings is 1. The Morgan fingerprint density at radius 3 is 2.29 bits per heavy atom. The molecule has 2 aliphatic rings. The molecule has 1 amide bonds. The van der Waals surface area contributed by atoms with Crippen molar-refractivity contribution < 1.29 is 13.9 Å². The second-order valence-electron chi connectivity index (χ2n) is 8.00. The summed E-state index contributed by atoms with van der Waals surface area (Å²) in [7, 11) is 1.63. The van der Waals surface area contributed by atoms with E-state index < -0.39 is 0 Å². The molecule has 0 radical (unpaired) electrons. The molecule has 6 nitrogen and oxygen atoms in total. The van der Waals surface area contributed by atoms with Gasteiger partial charge in [0.1, 0.15) is 11.6 Å². The van der Waals surface area contributed by atoms with E-state index in [0.29, 0.717) is 13.0 Å². The minimum absolute atomic E-state index is 0.0112. The van der Waals surface area contributed by atoms with Crippen molar-refractivity contribution in [2.24, 2.45) is 5.10 Å². The average Bonchev–Trinajstić information content (AvgIpc) is 3.26. The van der Waals surface area contributed by atoms with E-state index >= 15 is 0 Å². The Morgan fingerprint density at radius 2 is 1.68 bits per heavy atom. The third kappa shape index (κ3) is 4.94. The molecule has 1 fully saturated rings. The summed E-state index contributed by atoms with van der Waals surface area (Å²) < 4.78 is 18.7. The normalized spacial score (nSPS) is 20.0. The lowest BCUT2D eigenvalue weighted by molar-refractivity contribution is -0.134. The molecule has 0 aromatic heterocycles. The van der Waals surface area contributed by atoms with Crippen molar-refractivity contribution in [1.82, 2.24) is 14.8 Å². The first-order chi connectivity index (χ1) is 15.1. The quantitative estimate of drug-likeness (QED) is 0.715. The van der Waals surface area contributed by atoms with Crippen molar-refractivity contribution in [2.75, 3.05) is 46.4 Å². The second-order valence-corrected chi connectivity index (χ2v) is 8.00. The van der Waals surface area contributed by atoms with Crippen LogP contribution in [0.3, 0.4) is 0 Å². The third-order valence-electron chi connectivity index (χ3n) is 6.11. The van der Waals surface area contributed by atoms with Crippen LogP contribution >= 0.6 is 0 Å². The zero-order valence-electron chi connectivity index (χ0n) is 18.1. The highest BCUT2D eigenvalue weighted by Crippen LogP contribution is 2.33. The Labute approximate surface area is 182 Å². The number of likely N-dealkylation sites (N-methyl/N-ethyl adjacent to an activating group) is 1. The average molecular weight is 425 g/mol. The summed E-state index contributed by atoms with van der Waals surface area (Å²) in [4.78, 5) is 17.9. The van der Waals surface area contributed by atoms with Gasteiger partial charge in [-0.1, -0.05) is 31.2 Å². The maximum Gasteiger partial charge on any atom is 0.257 e. The number of benzene rings is 2. The molecule has 4 rings (SSSR count). The van der Waals surface area contributed by atoms with E-state index in [9.17, 15) is 9.18 Å². The van der Waals surface area contributed by atoms with Crippen LogP contribution in [0.4, 0.5) is 4.39 Å². The van der Waals surface area contributed by atoms with Gasteiger partial charge in [-0.2, -0.15) is 5.10 Å². The number of hydrazone groups is 1. The van der Waals surface area contributed by atoms with Gasteiger partial charge in [-0.15, -0.1) is 0 Å². The molecule has 1 unspecified atom stereocenters. The summed E-state index contributed by atoms with van der Waals surface area (Å²) in [6, 6.07) is 13.9. The molecule has 1 saturated heterocycles. The molecule has 31 heavy (non-hydrogen) atoms. The van der Waals surface area contributed by atoms with Crippen LogP contribution in [0.25, 0.3) is 0 Å². The summed E-state index contributed by atoms with van der Waals surface area (Å²) in [5.41, 5.74) is 2.64. The molecule has 0 aliphatic carbocycles. The molecule has 2 aromatic carbocycles. The highest BCUT2D eigenvalue weighted by molar-refractivity contribution is 6.03. The van der Waals surface area contributed by atoms with Gasteiger partial charge in [0.15, 0.2) is 0 Å². The van der Waals surface area contributed by atoms with Crippen LogP contribution in [0.2, 0.25) is 0 Å². The van der Waals surface area contributed by atoms with Crippen LogP contribution in [-0.4, -0.2) is 72.8 Å². The highest BCUT2D eigenvalue weighted by atomic mass is 19.1. The zero-order chi connectivity index (χ0) is 21.8. The monoisotopic (exact) mass is 424 g/mol. The Morgan fingerprint density at radius 1 is 1.03 bits per heavy atom. The first kappa shape index (κ1) is 21.5. The molecule has 1 atom stereocenters. The van der Waals surface area contributed by atoms with Gasteiger partial charge in [-0.05, 0) is 41.9 Å². The molecule has 2 aromatic rings. The number of halogens is 1. The predicted molar refractivity (Wildman–Crippen MR) is 119 cm³/mol. The number of methoxy groups -OCH3 is 1. The maximum absolute atomic E-state index is 13.4. The molecule has 7 heteroatoms. The number of carbonyl (C=O) groups is 1. The number of carbonyl (C=O) groups excluding carboxylic acids is 1. The maximum atomic E-state index is 13.4. The minimum atomic E-state index is -0.284. The van der Waals surface area contributed by atoms with Gasteiger partial charge < -0.3 is 9.64 Å². The van der Waals surface area contributed by atoms with Crippen molar-refractivity contribution in [3.8, 4) is 5.75 Å². The first-order valence-corrected chi connectivity index (χ1v) is 10.8. The molecule has 2 aliphatic heterocycles. The number of ether oxygens (including phenoxy) is 1. The fraction of sp³-hybridized carbons (Fsp3) is 0.417. The van der Waals surface area contributed by atoms with E-state index in [1.807, 2.05) is 24.3 Å². The van der Waals surface area contributed by atoms with Gasteiger partial charge >= 0.3 is 0 Å². The predicted octanol–water partition coefficient (Wildman–Crippen LogP) is 3.15. The number of hydrogen-bond donors (Lipinski definition) is 0. The zero-order valence-corrected chi connectivity index (χ0v) is 18.1. The van der Waals surface area contributed by atoms with E-state index in [1.165, 1.54) is 12.1 Å².